The van der Waals surface area contributed by atoms with Crippen molar-refractivity contribution in [3.05, 3.63) is 216 Å². The van der Waals surface area contributed by atoms with E-state index in [1.165, 1.54) is 11.1 Å². The summed E-state index contributed by atoms with van der Waals surface area (Å²) in [5.41, 5.74) is 14.3. The van der Waals surface area contributed by atoms with Gasteiger partial charge >= 0.3 is 0 Å². The van der Waals surface area contributed by atoms with Gasteiger partial charge < -0.3 is 4.42 Å². The molecule has 0 aliphatic heterocycles. The highest BCUT2D eigenvalue weighted by atomic mass is 16.3. The largest absolute Gasteiger partial charge is 0.460 e. The van der Waals surface area contributed by atoms with Crippen molar-refractivity contribution in [3.63, 3.8) is 0 Å². The van der Waals surface area contributed by atoms with Crippen molar-refractivity contribution in [2.24, 2.45) is 0 Å². The van der Waals surface area contributed by atoms with E-state index in [1.807, 2.05) is 60.7 Å². The molecule has 3 heterocycles. The number of aromatic nitrogens is 6. The smallest absolute Gasteiger partial charge is 0.164 e. The predicted molar refractivity (Wildman–Crippen MR) is 258 cm³/mol. The van der Waals surface area contributed by atoms with Crippen molar-refractivity contribution >= 4 is 22.6 Å². The van der Waals surface area contributed by atoms with Crippen LogP contribution in [0.2, 0.25) is 0 Å². The number of hydrogen-bond donors (Lipinski definition) is 0. The van der Waals surface area contributed by atoms with E-state index in [0.29, 0.717) is 41.4 Å². The highest BCUT2D eigenvalue weighted by molar-refractivity contribution is 5.99. The molecule has 7 heteroatoms. The highest BCUT2D eigenvalue weighted by Crippen LogP contribution is 2.37. The van der Waals surface area contributed by atoms with E-state index >= 15 is 0 Å². The first-order chi connectivity index (χ1) is 31.5. The topological polar surface area (TPSA) is 90.5 Å². The van der Waals surface area contributed by atoms with E-state index in [1.54, 1.807) is 0 Å². The van der Waals surface area contributed by atoms with E-state index in [2.05, 4.69) is 147 Å². The van der Waals surface area contributed by atoms with Crippen LogP contribution >= 0.6 is 0 Å². The Balaban J connectivity index is 0.902. The summed E-state index contributed by atoms with van der Waals surface area (Å²) in [6.07, 6.45) is 7.30. The van der Waals surface area contributed by atoms with Crippen LogP contribution in [0.15, 0.2) is 192 Å². The molecule has 0 radical (unpaired) electrons. The summed E-state index contributed by atoms with van der Waals surface area (Å²) in [6, 6.07) is 60.1. The third-order valence-corrected chi connectivity index (χ3v) is 11.6. The lowest BCUT2D eigenvalue weighted by Crippen LogP contribution is -2.00. The number of allylic oxidation sites excluding steroid dienone is 3. The van der Waals surface area contributed by atoms with Crippen LogP contribution in [0, 0.1) is 13.8 Å². The lowest BCUT2D eigenvalue weighted by molar-refractivity contribution is 0.564. The van der Waals surface area contributed by atoms with Crippen LogP contribution in [0.4, 0.5) is 0 Å². The van der Waals surface area contributed by atoms with Gasteiger partial charge in [-0.2, -0.15) is 0 Å². The Bertz CT molecular complexity index is 3370. The second-order valence-electron chi connectivity index (χ2n) is 16.1. The van der Waals surface area contributed by atoms with Crippen molar-refractivity contribution in [1.82, 2.24) is 29.9 Å². The second kappa shape index (κ2) is 16.5. The Kier molecular flexibility index (Phi) is 9.90. The summed E-state index contributed by atoms with van der Waals surface area (Å²) in [4.78, 5) is 29.6. The number of hydrogen-bond acceptors (Lipinski definition) is 7. The molecule has 0 fully saturated rings. The number of furan rings is 1. The molecule has 0 saturated heterocycles. The third kappa shape index (κ3) is 7.71. The zero-order chi connectivity index (χ0) is 43.0. The Labute approximate surface area is 371 Å². The van der Waals surface area contributed by atoms with Gasteiger partial charge in [0.25, 0.3) is 0 Å². The minimum atomic E-state index is 0.627. The van der Waals surface area contributed by atoms with Crippen LogP contribution in [-0.2, 0) is 6.42 Å². The van der Waals surface area contributed by atoms with E-state index in [9.17, 15) is 0 Å². The normalized spacial score (nSPS) is 12.2. The summed E-state index contributed by atoms with van der Waals surface area (Å²) in [6.45, 7) is 4.16. The van der Waals surface area contributed by atoms with Crippen LogP contribution < -0.4 is 0 Å². The summed E-state index contributed by atoms with van der Waals surface area (Å²) < 4.78 is 6.46. The van der Waals surface area contributed by atoms with Crippen molar-refractivity contribution in [2.75, 3.05) is 0 Å². The summed E-state index contributed by atoms with van der Waals surface area (Å²) in [5, 5.41) is 1.07. The molecule has 1 aliphatic carbocycles. The molecule has 0 amide bonds. The monoisotopic (exact) mass is 824 g/mol. The molecule has 0 N–H and O–H groups in total. The Morgan fingerprint density at radius 3 is 1.20 bits per heavy atom. The Morgan fingerprint density at radius 2 is 0.750 bits per heavy atom. The van der Waals surface area contributed by atoms with Crippen LogP contribution in [0.3, 0.4) is 0 Å². The highest BCUT2D eigenvalue weighted by Gasteiger charge is 2.18. The zero-order valence-corrected chi connectivity index (χ0v) is 35.3. The van der Waals surface area contributed by atoms with Gasteiger partial charge in [0, 0.05) is 50.8 Å². The number of nitrogens with zero attached hydrogens (tertiary/aromatic N) is 6. The molecule has 1 aliphatic rings. The molecule has 0 saturated carbocycles. The first-order valence-corrected chi connectivity index (χ1v) is 21.4. The lowest BCUT2D eigenvalue weighted by Gasteiger charge is -2.10. The van der Waals surface area contributed by atoms with Gasteiger partial charge in [-0.3, -0.25) is 0 Å². The van der Waals surface area contributed by atoms with Crippen LogP contribution in [-0.4, -0.2) is 29.9 Å². The lowest BCUT2D eigenvalue weighted by atomic mass is 9.98. The Hall–Kier alpha value is -8.42. The van der Waals surface area contributed by atoms with Crippen LogP contribution in [0.1, 0.15) is 28.0 Å². The van der Waals surface area contributed by atoms with Gasteiger partial charge in [0.2, 0.25) is 0 Å². The van der Waals surface area contributed by atoms with Crippen LogP contribution in [0.25, 0.3) is 102 Å². The van der Waals surface area contributed by atoms with Gasteiger partial charge in [-0.05, 0) is 54.3 Å². The molecule has 64 heavy (non-hydrogen) atoms. The average molecular weight is 825 g/mol. The molecule has 7 aromatic carbocycles. The maximum absolute atomic E-state index is 6.46. The quantitative estimate of drug-likeness (QED) is 0.151. The van der Waals surface area contributed by atoms with Gasteiger partial charge in [0.05, 0.1) is 0 Å². The van der Waals surface area contributed by atoms with Crippen molar-refractivity contribution in [1.29, 1.82) is 0 Å². The molecule has 7 nitrogen and oxygen atoms in total. The molecule has 0 spiro atoms. The maximum Gasteiger partial charge on any atom is 0.164 e. The fraction of sp³-hybridized carbons (Fsp3) is 0.0526. The van der Waals surface area contributed by atoms with Gasteiger partial charge in [0.1, 0.15) is 11.3 Å². The average Bonchev–Trinajstić information content (AvgIpc) is 3.55. The van der Waals surface area contributed by atoms with Gasteiger partial charge in [0.15, 0.2) is 34.9 Å². The fourth-order valence-corrected chi connectivity index (χ4v) is 8.06. The minimum Gasteiger partial charge on any atom is -0.460 e. The number of aryl methyl sites for hydroxylation is 2. The van der Waals surface area contributed by atoms with E-state index < -0.39 is 0 Å². The molecular weight excluding hydrogens is 785 g/mol. The van der Waals surface area contributed by atoms with Gasteiger partial charge in [-0.25, -0.2) is 29.9 Å². The molecule has 304 valence electrons. The molecule has 11 rings (SSSR count). The van der Waals surface area contributed by atoms with Gasteiger partial charge in [-0.15, -0.1) is 0 Å². The van der Waals surface area contributed by atoms with E-state index in [-0.39, 0.29) is 0 Å². The van der Waals surface area contributed by atoms with Crippen molar-refractivity contribution in [2.45, 2.75) is 20.3 Å². The standard InChI is InChI=1S/C57H40N6O/c1-36-16-20-42(21-17-36)54-58-52(40-10-5-3-6-11-40)60-56(62-54)44-28-24-38(25-29-44)46-14-9-15-50-48(34-46)49-35-47(32-33-51(49)64-50)39-26-30-45(31-27-39)57-61-53(41-12-7-4-8-13-41)59-55(63-57)43-22-18-37(2)19-23-43/h3-14,16-35H,15H2,1-2H3. The minimum absolute atomic E-state index is 0.627. The number of benzene rings is 7. The van der Waals surface area contributed by atoms with E-state index in [4.69, 9.17) is 34.3 Å². The molecule has 0 atom stereocenters. The molecule has 10 aromatic rings. The zero-order valence-electron chi connectivity index (χ0n) is 35.3. The molecule has 3 aromatic heterocycles. The summed E-state index contributed by atoms with van der Waals surface area (Å²) >= 11 is 0. The summed E-state index contributed by atoms with van der Waals surface area (Å²) in [5.74, 6) is 4.77. The van der Waals surface area contributed by atoms with Crippen LogP contribution in [0.5, 0.6) is 0 Å². The third-order valence-electron chi connectivity index (χ3n) is 11.6. The van der Waals surface area contributed by atoms with E-state index in [0.717, 1.165) is 77.9 Å². The molecule has 0 bridgehead atoms. The van der Waals surface area contributed by atoms with Gasteiger partial charge in [-0.1, -0.05) is 187 Å². The predicted octanol–water partition coefficient (Wildman–Crippen LogP) is 13.7. The number of fused-ring (bicyclic) bond motifs is 3. The first kappa shape index (κ1) is 38.5. The fourth-order valence-electron chi connectivity index (χ4n) is 8.06. The first-order valence-electron chi connectivity index (χ1n) is 21.4. The van der Waals surface area contributed by atoms with Crippen molar-refractivity contribution < 1.29 is 4.42 Å². The Morgan fingerprint density at radius 1 is 0.375 bits per heavy atom. The second-order valence-corrected chi connectivity index (χ2v) is 16.1. The molecule has 0 unspecified atom stereocenters. The number of rotatable bonds is 8. The van der Waals surface area contributed by atoms with Crippen molar-refractivity contribution in [3.8, 4) is 79.5 Å². The summed E-state index contributed by atoms with van der Waals surface area (Å²) in [7, 11) is 0. The maximum atomic E-state index is 6.46. The molecular formula is C57H40N6O. The SMILES string of the molecule is Cc1ccc(-c2nc(-c3ccccc3)nc(-c3ccc(C4=Cc5c(oc6ccc(-c7ccc(-c8nc(-c9ccccc9)nc(-c9ccc(C)cc9)n8)cc7)cc56)CC=C4)cc3)n2)cc1.